The second kappa shape index (κ2) is 6.78. The van der Waals surface area contributed by atoms with Crippen molar-refractivity contribution in [1.82, 2.24) is 10.6 Å². The molecule has 1 aromatic carbocycles. The van der Waals surface area contributed by atoms with E-state index in [1.807, 2.05) is 0 Å². The smallest absolute Gasteiger partial charge is 0.224 e. The van der Waals surface area contributed by atoms with E-state index in [1.165, 1.54) is 6.42 Å². The van der Waals surface area contributed by atoms with Crippen LogP contribution in [0.15, 0.2) is 18.2 Å². The SMILES string of the molecule is COc1ccc(Cl)cc1CC(=O)NCC1CCCN1. The molecule has 1 unspecified atom stereocenters. The zero-order valence-corrected chi connectivity index (χ0v) is 11.8. The van der Waals surface area contributed by atoms with Crippen molar-refractivity contribution in [3.05, 3.63) is 28.8 Å². The highest BCUT2D eigenvalue weighted by molar-refractivity contribution is 6.30. The number of ether oxygens (including phenoxy) is 1. The first-order valence-corrected chi connectivity index (χ1v) is 6.89. The fraction of sp³-hybridized carbons (Fsp3) is 0.500. The Hall–Kier alpha value is -1.26. The van der Waals surface area contributed by atoms with Gasteiger partial charge < -0.3 is 15.4 Å². The fourth-order valence-electron chi connectivity index (χ4n) is 2.29. The van der Waals surface area contributed by atoms with E-state index in [0.717, 1.165) is 18.5 Å². The maximum absolute atomic E-state index is 11.9. The van der Waals surface area contributed by atoms with Crippen LogP contribution in [0, 0.1) is 0 Å². The lowest BCUT2D eigenvalue weighted by molar-refractivity contribution is -0.120. The van der Waals surface area contributed by atoms with Crippen molar-refractivity contribution in [2.24, 2.45) is 0 Å². The molecule has 0 aromatic heterocycles. The molecule has 1 aromatic rings. The number of benzene rings is 1. The van der Waals surface area contributed by atoms with E-state index in [2.05, 4.69) is 10.6 Å². The molecule has 1 saturated heterocycles. The molecule has 0 radical (unpaired) electrons. The highest BCUT2D eigenvalue weighted by Crippen LogP contribution is 2.22. The second-order valence-corrected chi connectivity index (χ2v) is 5.17. The molecule has 19 heavy (non-hydrogen) atoms. The van der Waals surface area contributed by atoms with E-state index in [-0.39, 0.29) is 12.3 Å². The molecule has 1 atom stereocenters. The molecule has 1 amide bonds. The van der Waals surface area contributed by atoms with Crippen LogP contribution in [0.5, 0.6) is 5.75 Å². The number of nitrogens with one attached hydrogen (secondary N) is 2. The number of methoxy groups -OCH3 is 1. The molecule has 2 N–H and O–H groups in total. The molecule has 1 heterocycles. The molecule has 4 nitrogen and oxygen atoms in total. The van der Waals surface area contributed by atoms with Crippen LogP contribution in [0.2, 0.25) is 5.02 Å². The summed E-state index contributed by atoms with van der Waals surface area (Å²) in [5.74, 6) is 0.688. The number of hydrogen-bond donors (Lipinski definition) is 2. The summed E-state index contributed by atoms with van der Waals surface area (Å²) >= 11 is 5.94. The van der Waals surface area contributed by atoms with Gasteiger partial charge in [0.25, 0.3) is 0 Å². The monoisotopic (exact) mass is 282 g/mol. The summed E-state index contributed by atoms with van der Waals surface area (Å²) in [4.78, 5) is 11.9. The van der Waals surface area contributed by atoms with Crippen molar-refractivity contribution >= 4 is 17.5 Å². The quantitative estimate of drug-likeness (QED) is 0.865. The zero-order valence-electron chi connectivity index (χ0n) is 11.0. The third-order valence-electron chi connectivity index (χ3n) is 3.30. The minimum absolute atomic E-state index is 0.00531. The molecule has 0 spiro atoms. The zero-order chi connectivity index (χ0) is 13.7. The number of rotatable bonds is 5. The lowest BCUT2D eigenvalue weighted by Gasteiger charge is -2.12. The Balaban J connectivity index is 1.88. The van der Waals surface area contributed by atoms with Crippen LogP contribution >= 0.6 is 11.6 Å². The Morgan fingerprint density at radius 3 is 3.11 bits per heavy atom. The first-order valence-electron chi connectivity index (χ1n) is 6.51. The van der Waals surface area contributed by atoms with Gasteiger partial charge in [0.1, 0.15) is 5.75 Å². The lowest BCUT2D eigenvalue weighted by atomic mass is 10.1. The lowest BCUT2D eigenvalue weighted by Crippen LogP contribution is -2.37. The third-order valence-corrected chi connectivity index (χ3v) is 3.54. The first-order chi connectivity index (χ1) is 9.19. The van der Waals surface area contributed by atoms with Gasteiger partial charge in [-0.15, -0.1) is 0 Å². The Labute approximate surface area is 118 Å². The van der Waals surface area contributed by atoms with Crippen LogP contribution in [-0.4, -0.2) is 32.1 Å². The van der Waals surface area contributed by atoms with Gasteiger partial charge in [0, 0.05) is 23.2 Å². The summed E-state index contributed by atoms with van der Waals surface area (Å²) in [5.41, 5.74) is 0.812. The van der Waals surface area contributed by atoms with E-state index in [1.54, 1.807) is 25.3 Å². The Kier molecular flexibility index (Phi) is 5.05. The number of halogens is 1. The number of carbonyl (C=O) groups excluding carboxylic acids is 1. The molecule has 0 aliphatic carbocycles. The van der Waals surface area contributed by atoms with Gasteiger partial charge in [-0.2, -0.15) is 0 Å². The van der Waals surface area contributed by atoms with Gasteiger partial charge in [-0.1, -0.05) is 11.6 Å². The normalized spacial score (nSPS) is 18.3. The predicted octanol–water partition coefficient (Wildman–Crippen LogP) is 1.76. The Morgan fingerprint density at radius 2 is 2.42 bits per heavy atom. The Bertz CT molecular complexity index is 445. The number of hydrogen-bond acceptors (Lipinski definition) is 3. The van der Waals surface area contributed by atoms with E-state index >= 15 is 0 Å². The fourth-order valence-corrected chi connectivity index (χ4v) is 2.48. The van der Waals surface area contributed by atoms with E-state index < -0.39 is 0 Å². The van der Waals surface area contributed by atoms with Gasteiger partial charge in [0.05, 0.1) is 13.5 Å². The van der Waals surface area contributed by atoms with Crippen molar-refractivity contribution in [1.29, 1.82) is 0 Å². The second-order valence-electron chi connectivity index (χ2n) is 4.73. The summed E-state index contributed by atoms with van der Waals surface area (Å²) in [6.07, 6.45) is 2.60. The Morgan fingerprint density at radius 1 is 1.58 bits per heavy atom. The van der Waals surface area contributed by atoms with Crippen molar-refractivity contribution in [3.63, 3.8) is 0 Å². The van der Waals surface area contributed by atoms with Gasteiger partial charge in [-0.25, -0.2) is 0 Å². The highest BCUT2D eigenvalue weighted by Gasteiger charge is 2.15. The molecule has 0 saturated carbocycles. The van der Waals surface area contributed by atoms with Gasteiger partial charge in [0.2, 0.25) is 5.91 Å². The summed E-state index contributed by atoms with van der Waals surface area (Å²) < 4.78 is 5.23. The maximum Gasteiger partial charge on any atom is 0.224 e. The molecular weight excluding hydrogens is 264 g/mol. The molecular formula is C14H19ClN2O2. The average Bonchev–Trinajstić information content (AvgIpc) is 2.90. The standard InChI is InChI=1S/C14H19ClN2O2/c1-19-13-5-4-11(15)7-10(13)8-14(18)17-9-12-3-2-6-16-12/h4-5,7,12,16H,2-3,6,8-9H2,1H3,(H,17,18). The highest BCUT2D eigenvalue weighted by atomic mass is 35.5. The van der Waals surface area contributed by atoms with Crippen molar-refractivity contribution in [3.8, 4) is 5.75 Å². The maximum atomic E-state index is 11.9. The summed E-state index contributed by atoms with van der Waals surface area (Å²) in [6.45, 7) is 1.73. The van der Waals surface area contributed by atoms with E-state index in [4.69, 9.17) is 16.3 Å². The molecule has 1 aliphatic heterocycles. The van der Waals surface area contributed by atoms with Gasteiger partial charge in [0.15, 0.2) is 0 Å². The van der Waals surface area contributed by atoms with E-state index in [0.29, 0.717) is 23.4 Å². The van der Waals surface area contributed by atoms with Crippen LogP contribution in [-0.2, 0) is 11.2 Å². The van der Waals surface area contributed by atoms with Crippen molar-refractivity contribution in [2.75, 3.05) is 20.2 Å². The molecule has 2 rings (SSSR count). The molecule has 104 valence electrons. The van der Waals surface area contributed by atoms with Gasteiger partial charge in [-0.05, 0) is 37.6 Å². The van der Waals surface area contributed by atoms with Crippen molar-refractivity contribution < 1.29 is 9.53 Å². The molecule has 1 aliphatic rings. The molecule has 0 bridgehead atoms. The minimum Gasteiger partial charge on any atom is -0.496 e. The summed E-state index contributed by atoms with van der Waals surface area (Å²) in [5, 5.41) is 6.90. The summed E-state index contributed by atoms with van der Waals surface area (Å²) in [6, 6.07) is 5.71. The minimum atomic E-state index is -0.00531. The topological polar surface area (TPSA) is 50.4 Å². The average molecular weight is 283 g/mol. The first kappa shape index (κ1) is 14.2. The largest absolute Gasteiger partial charge is 0.496 e. The number of carbonyl (C=O) groups is 1. The van der Waals surface area contributed by atoms with Crippen LogP contribution in [0.4, 0.5) is 0 Å². The summed E-state index contributed by atoms with van der Waals surface area (Å²) in [7, 11) is 1.59. The van der Waals surface area contributed by atoms with Crippen LogP contribution in [0.1, 0.15) is 18.4 Å². The van der Waals surface area contributed by atoms with Crippen molar-refractivity contribution in [2.45, 2.75) is 25.3 Å². The molecule has 5 heteroatoms. The number of amides is 1. The van der Waals surface area contributed by atoms with Crippen LogP contribution < -0.4 is 15.4 Å². The predicted molar refractivity (Wildman–Crippen MR) is 75.7 cm³/mol. The van der Waals surface area contributed by atoms with E-state index in [9.17, 15) is 4.79 Å². The van der Waals surface area contributed by atoms with Crippen LogP contribution in [0.3, 0.4) is 0 Å². The van der Waals surface area contributed by atoms with Gasteiger partial charge in [-0.3, -0.25) is 4.79 Å². The third kappa shape index (κ3) is 4.11. The van der Waals surface area contributed by atoms with Gasteiger partial charge >= 0.3 is 0 Å². The van der Waals surface area contributed by atoms with Crippen LogP contribution in [0.25, 0.3) is 0 Å². The molecule has 1 fully saturated rings.